The van der Waals surface area contributed by atoms with E-state index in [9.17, 15) is 0 Å². The molecule has 1 aliphatic rings. The molecule has 1 rings (SSSR count). The highest BCUT2D eigenvalue weighted by molar-refractivity contribution is 4.82. The summed E-state index contributed by atoms with van der Waals surface area (Å²) in [6.45, 7) is 8.53. The molecule has 0 bridgehead atoms. The molecule has 1 saturated heterocycles. The highest BCUT2D eigenvalue weighted by atomic mass is 15.2. The van der Waals surface area contributed by atoms with E-state index >= 15 is 0 Å². The van der Waals surface area contributed by atoms with Crippen LogP contribution in [0.3, 0.4) is 0 Å². The van der Waals surface area contributed by atoms with Gasteiger partial charge in [-0.3, -0.25) is 4.90 Å². The van der Waals surface area contributed by atoms with Gasteiger partial charge in [-0.1, -0.05) is 0 Å². The van der Waals surface area contributed by atoms with Crippen molar-refractivity contribution in [2.45, 2.75) is 18.9 Å². The second kappa shape index (κ2) is 2.84. The summed E-state index contributed by atoms with van der Waals surface area (Å²) < 4.78 is 0. The first-order valence-electron chi connectivity index (χ1n) is 3.38. The Balaban J connectivity index is 2.33. The summed E-state index contributed by atoms with van der Waals surface area (Å²) >= 11 is 0. The average Bonchev–Trinajstić information content (AvgIpc) is 2.18. The molecule has 9 heavy (non-hydrogen) atoms. The predicted molar refractivity (Wildman–Crippen MR) is 37.1 cm³/mol. The number of nitrogens with zero attached hydrogens (tertiary/aromatic N) is 2. The maximum Gasteiger partial charge on any atom is 0.229 e. The molecule has 0 radical (unpaired) electrons. The lowest BCUT2D eigenvalue weighted by Gasteiger charge is -2.12. The zero-order valence-electron chi connectivity index (χ0n) is 5.80. The van der Waals surface area contributed by atoms with Crippen LogP contribution in [-0.4, -0.2) is 31.1 Å². The lowest BCUT2D eigenvalue weighted by molar-refractivity contribution is 0.326. The smallest absolute Gasteiger partial charge is 0.229 e. The van der Waals surface area contributed by atoms with Crippen LogP contribution < -0.4 is 0 Å². The minimum absolute atomic E-state index is 0.558. The molecule has 0 aliphatic carbocycles. The Morgan fingerprint density at radius 3 is 3.00 bits per heavy atom. The fourth-order valence-corrected chi connectivity index (χ4v) is 1.32. The van der Waals surface area contributed by atoms with Crippen molar-refractivity contribution in [3.8, 4) is 0 Å². The summed E-state index contributed by atoms with van der Waals surface area (Å²) in [5, 5.41) is 0. The molecule has 0 N–H and O–H groups in total. The van der Waals surface area contributed by atoms with Crippen LogP contribution in [-0.2, 0) is 0 Å². The average molecular weight is 124 g/mol. The maximum absolute atomic E-state index is 6.66. The van der Waals surface area contributed by atoms with Gasteiger partial charge in [0.15, 0.2) is 0 Å². The maximum atomic E-state index is 6.66. The Morgan fingerprint density at radius 2 is 2.56 bits per heavy atom. The van der Waals surface area contributed by atoms with Crippen LogP contribution in [0.1, 0.15) is 12.8 Å². The molecule has 0 spiro atoms. The molecule has 0 aromatic rings. The SMILES string of the molecule is [C-]#[N+]C[C@@H]1CCCN1C. The van der Waals surface area contributed by atoms with Crippen molar-refractivity contribution >= 4 is 0 Å². The van der Waals surface area contributed by atoms with Gasteiger partial charge in [0.2, 0.25) is 6.54 Å². The van der Waals surface area contributed by atoms with Crippen molar-refractivity contribution < 1.29 is 0 Å². The Labute approximate surface area is 56.3 Å². The third-order valence-electron chi connectivity index (χ3n) is 1.97. The molecule has 0 aromatic carbocycles. The first kappa shape index (κ1) is 6.57. The fourth-order valence-electron chi connectivity index (χ4n) is 1.32. The van der Waals surface area contributed by atoms with Crippen molar-refractivity contribution in [1.29, 1.82) is 0 Å². The largest absolute Gasteiger partial charge is 0.315 e. The van der Waals surface area contributed by atoms with E-state index < -0.39 is 0 Å². The van der Waals surface area contributed by atoms with Gasteiger partial charge in [-0.2, -0.15) is 0 Å². The molecule has 2 nitrogen and oxygen atoms in total. The van der Waals surface area contributed by atoms with E-state index in [1.54, 1.807) is 0 Å². The molecular weight excluding hydrogens is 112 g/mol. The first-order chi connectivity index (χ1) is 4.34. The van der Waals surface area contributed by atoms with Crippen LogP contribution in [0.4, 0.5) is 0 Å². The van der Waals surface area contributed by atoms with Gasteiger partial charge in [0.1, 0.15) is 0 Å². The monoisotopic (exact) mass is 124 g/mol. The summed E-state index contributed by atoms with van der Waals surface area (Å²) in [6.07, 6.45) is 2.50. The van der Waals surface area contributed by atoms with Crippen LogP contribution in [0, 0.1) is 6.57 Å². The lowest BCUT2D eigenvalue weighted by atomic mass is 10.2. The molecule has 0 saturated carbocycles. The Hall–Kier alpha value is -0.550. The minimum atomic E-state index is 0.558. The zero-order valence-corrected chi connectivity index (χ0v) is 5.80. The topological polar surface area (TPSA) is 7.60 Å². The highest BCUT2D eigenvalue weighted by Crippen LogP contribution is 2.14. The van der Waals surface area contributed by atoms with Crippen molar-refractivity contribution in [2.24, 2.45) is 0 Å². The third kappa shape index (κ3) is 1.43. The molecule has 50 valence electrons. The molecule has 0 unspecified atom stereocenters. The molecule has 0 amide bonds. The van der Waals surface area contributed by atoms with E-state index in [1.165, 1.54) is 19.4 Å². The molecule has 1 atom stereocenters. The molecule has 0 aromatic heterocycles. The summed E-state index contributed by atoms with van der Waals surface area (Å²) in [6, 6.07) is 0.558. The van der Waals surface area contributed by atoms with Crippen molar-refractivity contribution in [1.82, 2.24) is 4.90 Å². The third-order valence-corrected chi connectivity index (χ3v) is 1.97. The standard InChI is InChI=1S/C7H12N2/c1-8-6-7-4-3-5-9(7)2/h7H,3-6H2,2H3/t7-/m0/s1. The fraction of sp³-hybridized carbons (Fsp3) is 0.857. The predicted octanol–water partition coefficient (Wildman–Crippen LogP) is 1.000. The molecular formula is C7H12N2. The van der Waals surface area contributed by atoms with Gasteiger partial charge in [0.25, 0.3) is 0 Å². The number of hydrogen-bond acceptors (Lipinski definition) is 1. The van der Waals surface area contributed by atoms with E-state index in [0.29, 0.717) is 12.6 Å². The van der Waals surface area contributed by atoms with Crippen LogP contribution >= 0.6 is 0 Å². The molecule has 1 aliphatic heterocycles. The van der Waals surface area contributed by atoms with E-state index in [4.69, 9.17) is 6.57 Å². The van der Waals surface area contributed by atoms with Crippen molar-refractivity contribution in [3.63, 3.8) is 0 Å². The second-order valence-corrected chi connectivity index (χ2v) is 2.62. The number of likely N-dealkylation sites (tertiary alicyclic amines) is 1. The van der Waals surface area contributed by atoms with Gasteiger partial charge in [-0.25, -0.2) is 6.57 Å². The van der Waals surface area contributed by atoms with Gasteiger partial charge >= 0.3 is 0 Å². The van der Waals surface area contributed by atoms with Crippen LogP contribution in [0.15, 0.2) is 0 Å². The summed E-state index contributed by atoms with van der Waals surface area (Å²) in [5.74, 6) is 0. The van der Waals surface area contributed by atoms with Gasteiger partial charge in [0, 0.05) is 0 Å². The minimum Gasteiger partial charge on any atom is -0.315 e. The van der Waals surface area contributed by atoms with Crippen LogP contribution in [0.2, 0.25) is 0 Å². The van der Waals surface area contributed by atoms with Gasteiger partial charge in [-0.05, 0) is 26.4 Å². The van der Waals surface area contributed by atoms with E-state index in [2.05, 4.69) is 16.8 Å². The van der Waals surface area contributed by atoms with Gasteiger partial charge in [0.05, 0.1) is 6.04 Å². The van der Waals surface area contributed by atoms with Crippen LogP contribution in [0.25, 0.3) is 4.85 Å². The quantitative estimate of drug-likeness (QED) is 0.473. The van der Waals surface area contributed by atoms with Crippen molar-refractivity contribution in [3.05, 3.63) is 11.4 Å². The summed E-state index contributed by atoms with van der Waals surface area (Å²) in [5.41, 5.74) is 0. The molecule has 2 heteroatoms. The highest BCUT2D eigenvalue weighted by Gasteiger charge is 2.22. The first-order valence-corrected chi connectivity index (χ1v) is 3.38. The zero-order chi connectivity index (χ0) is 6.69. The van der Waals surface area contributed by atoms with E-state index in [0.717, 1.165) is 0 Å². The number of hydrogen-bond donors (Lipinski definition) is 0. The van der Waals surface area contributed by atoms with E-state index in [-0.39, 0.29) is 0 Å². The lowest BCUT2D eigenvalue weighted by Crippen LogP contribution is -2.26. The summed E-state index contributed by atoms with van der Waals surface area (Å²) in [7, 11) is 2.10. The number of rotatable bonds is 1. The van der Waals surface area contributed by atoms with Crippen molar-refractivity contribution in [2.75, 3.05) is 20.1 Å². The van der Waals surface area contributed by atoms with Gasteiger partial charge in [-0.15, -0.1) is 0 Å². The summed E-state index contributed by atoms with van der Waals surface area (Å²) in [4.78, 5) is 5.65. The Kier molecular flexibility index (Phi) is 2.07. The Bertz CT molecular complexity index is 125. The second-order valence-electron chi connectivity index (χ2n) is 2.62. The Morgan fingerprint density at radius 1 is 1.78 bits per heavy atom. The van der Waals surface area contributed by atoms with Gasteiger partial charge < -0.3 is 4.85 Å². The van der Waals surface area contributed by atoms with E-state index in [1.807, 2.05) is 0 Å². The van der Waals surface area contributed by atoms with Crippen LogP contribution in [0.5, 0.6) is 0 Å². The molecule has 1 heterocycles. The normalized spacial score (nSPS) is 28.2. The molecule has 1 fully saturated rings. The number of likely N-dealkylation sites (N-methyl/N-ethyl adjacent to an activating group) is 1.